The maximum absolute atomic E-state index is 8.77. The average Bonchev–Trinajstić information content (AvgIpc) is 2.12. The van der Waals surface area contributed by atoms with Crippen LogP contribution in [0.4, 0.5) is 0 Å². The first-order chi connectivity index (χ1) is 6.58. The van der Waals surface area contributed by atoms with Crippen molar-refractivity contribution in [2.24, 2.45) is 11.8 Å². The smallest absolute Gasteiger partial charge is 0.0459 e. The summed E-state index contributed by atoms with van der Waals surface area (Å²) in [6.07, 6.45) is 9.10. The summed E-state index contributed by atoms with van der Waals surface area (Å²) in [4.78, 5) is 0. The Morgan fingerprint density at radius 2 is 1.79 bits per heavy atom. The van der Waals surface area contributed by atoms with Crippen LogP contribution in [0.1, 0.15) is 53.4 Å². The van der Waals surface area contributed by atoms with E-state index in [-0.39, 0.29) is 0 Å². The highest BCUT2D eigenvalue weighted by atomic mass is 16.3. The van der Waals surface area contributed by atoms with E-state index in [1.54, 1.807) is 0 Å². The zero-order chi connectivity index (χ0) is 11.4. The topological polar surface area (TPSA) is 20.2 Å². The minimum absolute atomic E-state index is 0.307. The van der Waals surface area contributed by atoms with Crippen LogP contribution in [0, 0.1) is 24.2 Å². The van der Waals surface area contributed by atoms with Crippen molar-refractivity contribution >= 4 is 0 Å². The summed E-state index contributed by atoms with van der Waals surface area (Å²) in [5.74, 6) is 3.89. The van der Waals surface area contributed by atoms with E-state index in [1.807, 2.05) is 0 Å². The van der Waals surface area contributed by atoms with Gasteiger partial charge in [-0.25, -0.2) is 0 Å². The third-order valence-electron chi connectivity index (χ3n) is 1.77. The number of rotatable bonds is 5. The molecule has 0 bridgehead atoms. The Morgan fingerprint density at radius 3 is 2.07 bits per heavy atom. The third-order valence-corrected chi connectivity index (χ3v) is 1.77. The fourth-order valence-electron chi connectivity index (χ4n) is 0.917. The van der Waals surface area contributed by atoms with Gasteiger partial charge in [0.1, 0.15) is 0 Å². The van der Waals surface area contributed by atoms with Crippen molar-refractivity contribution in [3.8, 4) is 12.3 Å². The molecular weight excluding hydrogens is 172 g/mol. The molecule has 84 valence electrons. The maximum Gasteiger partial charge on any atom is 0.0459 e. The Kier molecular flexibility index (Phi) is 14.3. The molecule has 1 unspecified atom stereocenters. The van der Waals surface area contributed by atoms with Crippen LogP contribution in [0.3, 0.4) is 0 Å². The molecule has 0 heterocycles. The van der Waals surface area contributed by atoms with E-state index in [0.717, 1.165) is 31.6 Å². The number of terminal acetylenes is 1. The highest BCUT2D eigenvalue weighted by Gasteiger charge is 2.01. The molecule has 0 aliphatic carbocycles. The van der Waals surface area contributed by atoms with E-state index < -0.39 is 0 Å². The average molecular weight is 198 g/mol. The summed E-state index contributed by atoms with van der Waals surface area (Å²) in [5.41, 5.74) is 0. The van der Waals surface area contributed by atoms with E-state index in [4.69, 9.17) is 11.5 Å². The maximum atomic E-state index is 8.77. The summed E-state index contributed by atoms with van der Waals surface area (Å²) in [6, 6.07) is 0. The Balaban J connectivity index is 0. The van der Waals surface area contributed by atoms with Gasteiger partial charge in [-0.05, 0) is 24.7 Å². The second-order valence-electron chi connectivity index (χ2n) is 4.29. The van der Waals surface area contributed by atoms with Crippen LogP contribution >= 0.6 is 0 Å². The van der Waals surface area contributed by atoms with Gasteiger partial charge in [0.25, 0.3) is 0 Å². The molecule has 0 aromatic rings. The van der Waals surface area contributed by atoms with Gasteiger partial charge in [0.05, 0.1) is 0 Å². The summed E-state index contributed by atoms with van der Waals surface area (Å²) in [5, 5.41) is 8.77. The standard InChI is InChI=1S/C9H16O.C4H10/c1-3-5-6-7-9(4-2)8-10;1-4(2)3/h1,9-10H,4-8H2,2H3;4H,1-3H3. The lowest BCUT2D eigenvalue weighted by molar-refractivity contribution is 0.213. The van der Waals surface area contributed by atoms with Crippen molar-refractivity contribution in [3.63, 3.8) is 0 Å². The Hall–Kier alpha value is -0.480. The van der Waals surface area contributed by atoms with Gasteiger partial charge in [0.15, 0.2) is 0 Å². The monoisotopic (exact) mass is 198 g/mol. The van der Waals surface area contributed by atoms with Gasteiger partial charge in [-0.3, -0.25) is 0 Å². The van der Waals surface area contributed by atoms with Crippen LogP contribution in [-0.2, 0) is 0 Å². The third kappa shape index (κ3) is 17.6. The minimum Gasteiger partial charge on any atom is -0.396 e. The highest BCUT2D eigenvalue weighted by Crippen LogP contribution is 2.10. The first kappa shape index (κ1) is 16.0. The molecule has 14 heavy (non-hydrogen) atoms. The first-order valence-corrected chi connectivity index (χ1v) is 5.62. The van der Waals surface area contributed by atoms with Crippen LogP contribution in [0.2, 0.25) is 0 Å². The van der Waals surface area contributed by atoms with Crippen molar-refractivity contribution in [3.05, 3.63) is 0 Å². The van der Waals surface area contributed by atoms with Crippen molar-refractivity contribution < 1.29 is 5.11 Å². The Bertz CT molecular complexity index is 126. The fourth-order valence-corrected chi connectivity index (χ4v) is 0.917. The van der Waals surface area contributed by atoms with Crippen molar-refractivity contribution in [2.75, 3.05) is 6.61 Å². The number of hydrogen-bond acceptors (Lipinski definition) is 1. The highest BCUT2D eigenvalue weighted by molar-refractivity contribution is 4.83. The molecule has 1 N–H and O–H groups in total. The Labute approximate surface area is 89.9 Å². The van der Waals surface area contributed by atoms with Crippen LogP contribution in [-0.4, -0.2) is 11.7 Å². The summed E-state index contributed by atoms with van der Waals surface area (Å²) >= 11 is 0. The Morgan fingerprint density at radius 1 is 1.29 bits per heavy atom. The van der Waals surface area contributed by atoms with Gasteiger partial charge in [-0.1, -0.05) is 34.1 Å². The van der Waals surface area contributed by atoms with E-state index in [0.29, 0.717) is 12.5 Å². The van der Waals surface area contributed by atoms with Crippen molar-refractivity contribution in [1.29, 1.82) is 0 Å². The summed E-state index contributed by atoms with van der Waals surface area (Å²) < 4.78 is 0. The van der Waals surface area contributed by atoms with Crippen LogP contribution in [0.25, 0.3) is 0 Å². The van der Waals surface area contributed by atoms with Crippen molar-refractivity contribution in [2.45, 2.75) is 53.4 Å². The van der Waals surface area contributed by atoms with Gasteiger partial charge >= 0.3 is 0 Å². The number of unbranched alkanes of at least 4 members (excludes halogenated alkanes) is 1. The zero-order valence-corrected chi connectivity index (χ0v) is 10.2. The summed E-state index contributed by atoms with van der Waals surface area (Å²) in [7, 11) is 0. The SMILES string of the molecule is C#CCCCC(CC)CO.CC(C)C. The largest absolute Gasteiger partial charge is 0.396 e. The lowest BCUT2D eigenvalue weighted by atomic mass is 10.0. The predicted molar refractivity (Wildman–Crippen MR) is 64.1 cm³/mol. The van der Waals surface area contributed by atoms with E-state index in [9.17, 15) is 0 Å². The molecule has 0 radical (unpaired) electrons. The number of aliphatic hydroxyl groups excluding tert-OH is 1. The number of hydrogen-bond donors (Lipinski definition) is 1. The van der Waals surface area contributed by atoms with E-state index in [1.165, 1.54) is 0 Å². The van der Waals surface area contributed by atoms with Crippen LogP contribution < -0.4 is 0 Å². The van der Waals surface area contributed by atoms with Gasteiger partial charge < -0.3 is 5.11 Å². The molecule has 0 saturated carbocycles. The molecule has 0 fully saturated rings. The lowest BCUT2D eigenvalue weighted by Crippen LogP contribution is -2.03. The molecule has 0 aromatic carbocycles. The van der Waals surface area contributed by atoms with Gasteiger partial charge in [0.2, 0.25) is 0 Å². The van der Waals surface area contributed by atoms with Crippen LogP contribution in [0.5, 0.6) is 0 Å². The fraction of sp³-hybridized carbons (Fsp3) is 0.846. The molecule has 1 atom stereocenters. The predicted octanol–water partition coefficient (Wildman–Crippen LogP) is 3.47. The molecule has 0 rings (SSSR count). The minimum atomic E-state index is 0.307. The van der Waals surface area contributed by atoms with Gasteiger partial charge in [-0.2, -0.15) is 0 Å². The van der Waals surface area contributed by atoms with E-state index >= 15 is 0 Å². The molecule has 0 aromatic heterocycles. The van der Waals surface area contributed by atoms with Gasteiger partial charge in [-0.15, -0.1) is 12.3 Å². The van der Waals surface area contributed by atoms with Crippen molar-refractivity contribution in [1.82, 2.24) is 0 Å². The van der Waals surface area contributed by atoms with Gasteiger partial charge in [0, 0.05) is 13.0 Å². The second kappa shape index (κ2) is 12.5. The second-order valence-corrected chi connectivity index (χ2v) is 4.29. The quantitative estimate of drug-likeness (QED) is 0.530. The zero-order valence-electron chi connectivity index (χ0n) is 10.2. The normalized spacial score (nSPS) is 11.5. The molecule has 0 aliphatic heterocycles. The number of aliphatic hydroxyl groups is 1. The molecule has 0 amide bonds. The lowest BCUT2D eigenvalue weighted by Gasteiger charge is -2.08. The van der Waals surface area contributed by atoms with Crippen LogP contribution in [0.15, 0.2) is 0 Å². The molecule has 1 heteroatoms. The first-order valence-electron chi connectivity index (χ1n) is 5.62. The van der Waals surface area contributed by atoms with E-state index in [2.05, 4.69) is 33.6 Å². The summed E-state index contributed by atoms with van der Waals surface area (Å²) in [6.45, 7) is 8.90. The molecular formula is C13H26O. The molecule has 1 nitrogen and oxygen atoms in total. The molecule has 0 aliphatic rings. The molecule has 0 spiro atoms. The molecule has 0 saturated heterocycles.